The predicted molar refractivity (Wildman–Crippen MR) is 53.0 cm³/mol. The van der Waals surface area contributed by atoms with Crippen LogP contribution in [0.1, 0.15) is 25.1 Å². The van der Waals surface area contributed by atoms with Crippen molar-refractivity contribution in [3.8, 4) is 0 Å². The first-order chi connectivity index (χ1) is 6.41. The minimum atomic E-state index is -4.36. The maximum atomic E-state index is 12.0. The summed E-state index contributed by atoms with van der Waals surface area (Å²) in [6, 6.07) is 2.33. The molecule has 0 spiro atoms. The van der Waals surface area contributed by atoms with Crippen LogP contribution in [0.3, 0.4) is 0 Å². The number of alkyl halides is 3. The molecule has 0 N–H and O–H groups in total. The molecular weight excluding hydrogens is 259 g/mol. The first-order valence-corrected chi connectivity index (χ1v) is 4.91. The lowest BCUT2D eigenvalue weighted by atomic mass is 10.3. The molecule has 0 bridgehead atoms. The van der Waals surface area contributed by atoms with Crippen LogP contribution in [0.5, 0.6) is 0 Å². The monoisotopic (exact) mass is 269 g/mol. The summed E-state index contributed by atoms with van der Waals surface area (Å²) in [5.41, 5.74) is -0.192. The average molecular weight is 270 g/mol. The number of hydrogen-bond donors (Lipinski definition) is 0. The van der Waals surface area contributed by atoms with E-state index in [-0.39, 0.29) is 4.60 Å². The highest BCUT2D eigenvalue weighted by atomic mass is 79.9. The number of aryl methyl sites for hydroxylation is 1. The maximum absolute atomic E-state index is 12.0. The summed E-state index contributed by atoms with van der Waals surface area (Å²) >= 11 is 2.93. The highest BCUT2D eigenvalue weighted by Gasteiger charge is 2.32. The molecule has 0 aliphatic rings. The molecule has 0 saturated carbocycles. The van der Waals surface area contributed by atoms with Gasteiger partial charge in [-0.2, -0.15) is 13.2 Å². The van der Waals surface area contributed by atoms with Crippen molar-refractivity contribution in [1.82, 2.24) is 4.98 Å². The van der Waals surface area contributed by atoms with Gasteiger partial charge in [0.05, 0.1) is 0 Å². The predicted octanol–water partition coefficient (Wildman–Crippen LogP) is 4.20. The molecule has 0 unspecified atom stereocenters. The Morgan fingerprint density at radius 2 is 1.71 bits per heavy atom. The van der Waals surface area contributed by atoms with Crippen molar-refractivity contribution in [2.24, 2.45) is 0 Å². The Morgan fingerprint density at radius 1 is 1.21 bits per heavy atom. The number of nitrogens with zero attached hydrogens (tertiary/aromatic N) is 1. The van der Waals surface area contributed by atoms with Gasteiger partial charge in [0.25, 0.3) is 0 Å². The van der Waals surface area contributed by atoms with Crippen LogP contribution < -0.4 is 0 Å². The Morgan fingerprint density at radius 3 is 2.07 bits per heavy atom. The van der Waals surface area contributed by atoms with Gasteiger partial charge in [-0.05, 0) is 34.5 Å². The van der Waals surface area contributed by atoms with E-state index in [9.17, 15) is 13.2 Å². The summed E-state index contributed by atoms with van der Waals surface area (Å²) in [5.74, 6) is 0. The van der Waals surface area contributed by atoms with Gasteiger partial charge in [0.2, 0.25) is 0 Å². The zero-order valence-electron chi connectivity index (χ0n) is 8.11. The van der Waals surface area contributed by atoms with Crippen LogP contribution in [0.2, 0.25) is 0 Å². The zero-order chi connectivity index (χ0) is 11.4. The normalized spacial score (nSPS) is 10.5. The summed E-state index contributed by atoms with van der Waals surface area (Å²) in [4.78, 5) is 3.34. The highest BCUT2D eigenvalue weighted by Crippen LogP contribution is 2.29. The molecule has 0 radical (unpaired) electrons. The molecule has 0 saturated heterocycles. The smallest absolute Gasteiger partial charge is 0.236 e. The second-order valence-corrected chi connectivity index (χ2v) is 3.05. The second kappa shape index (κ2) is 5.34. The molecule has 1 heterocycles. The molecular formula is C9H11BrF3N. The Bertz CT molecular complexity index is 297. The molecule has 0 aliphatic carbocycles. The Hall–Kier alpha value is -0.580. The Kier molecular flexibility index (Phi) is 5.12. The van der Waals surface area contributed by atoms with Gasteiger partial charge in [-0.1, -0.05) is 19.9 Å². The van der Waals surface area contributed by atoms with Crippen molar-refractivity contribution < 1.29 is 13.2 Å². The van der Waals surface area contributed by atoms with Crippen LogP contribution in [0.4, 0.5) is 13.2 Å². The number of hydrogen-bond acceptors (Lipinski definition) is 1. The van der Waals surface area contributed by atoms with Crippen molar-refractivity contribution in [1.29, 1.82) is 0 Å². The lowest BCUT2D eigenvalue weighted by Gasteiger charge is -2.06. The quantitative estimate of drug-likeness (QED) is 0.644. The van der Waals surface area contributed by atoms with E-state index < -0.39 is 11.9 Å². The third kappa shape index (κ3) is 3.65. The van der Waals surface area contributed by atoms with Crippen LogP contribution in [0, 0.1) is 6.92 Å². The van der Waals surface area contributed by atoms with Gasteiger partial charge in [-0.3, -0.25) is 0 Å². The molecule has 1 nitrogen and oxygen atoms in total. The third-order valence-corrected chi connectivity index (χ3v) is 2.13. The summed E-state index contributed by atoms with van der Waals surface area (Å²) in [6.07, 6.45) is -4.36. The molecule has 0 fully saturated rings. The largest absolute Gasteiger partial charge is 0.433 e. The van der Waals surface area contributed by atoms with Crippen LogP contribution >= 0.6 is 15.9 Å². The van der Waals surface area contributed by atoms with Gasteiger partial charge in [-0.15, -0.1) is 0 Å². The fourth-order valence-corrected chi connectivity index (χ4v) is 0.985. The van der Waals surface area contributed by atoms with Crippen LogP contribution in [-0.4, -0.2) is 4.98 Å². The summed E-state index contributed by atoms with van der Waals surface area (Å²) in [7, 11) is 0. The van der Waals surface area contributed by atoms with E-state index in [0.717, 1.165) is 6.07 Å². The fraction of sp³-hybridized carbons (Fsp3) is 0.444. The molecule has 1 aromatic rings. The van der Waals surface area contributed by atoms with Gasteiger partial charge in [-0.25, -0.2) is 4.98 Å². The average Bonchev–Trinajstić information content (AvgIpc) is 2.11. The van der Waals surface area contributed by atoms with Crippen LogP contribution in [0.25, 0.3) is 0 Å². The Balaban J connectivity index is 0.000000791. The van der Waals surface area contributed by atoms with Gasteiger partial charge >= 0.3 is 6.18 Å². The standard InChI is InChI=1S/C7H5BrF3N.C2H6/c1-4-2-3-5(7(9,10)11)12-6(4)8;1-2/h2-3H,1H3;1-2H3. The first kappa shape index (κ1) is 13.4. The molecule has 0 atom stereocenters. The van der Waals surface area contributed by atoms with Crippen molar-refractivity contribution in [2.75, 3.05) is 0 Å². The van der Waals surface area contributed by atoms with Crippen LogP contribution in [-0.2, 0) is 6.18 Å². The van der Waals surface area contributed by atoms with Crippen molar-refractivity contribution in [3.63, 3.8) is 0 Å². The summed E-state index contributed by atoms with van der Waals surface area (Å²) in [6.45, 7) is 5.68. The van der Waals surface area contributed by atoms with Crippen LogP contribution in [0.15, 0.2) is 16.7 Å². The fourth-order valence-electron chi connectivity index (χ4n) is 0.662. The maximum Gasteiger partial charge on any atom is 0.433 e. The lowest BCUT2D eigenvalue weighted by Crippen LogP contribution is -2.07. The van der Waals surface area contributed by atoms with E-state index in [1.807, 2.05) is 13.8 Å². The minimum absolute atomic E-state index is 0.234. The lowest BCUT2D eigenvalue weighted by molar-refractivity contribution is -0.141. The summed E-state index contributed by atoms with van der Waals surface area (Å²) < 4.78 is 36.3. The van der Waals surface area contributed by atoms with E-state index in [1.165, 1.54) is 6.07 Å². The van der Waals surface area contributed by atoms with E-state index >= 15 is 0 Å². The summed E-state index contributed by atoms with van der Waals surface area (Å²) in [5, 5.41) is 0. The van der Waals surface area contributed by atoms with Gasteiger partial charge in [0.1, 0.15) is 10.3 Å². The number of aromatic nitrogens is 1. The third-order valence-electron chi connectivity index (χ3n) is 1.33. The minimum Gasteiger partial charge on any atom is -0.236 e. The number of pyridine rings is 1. The van der Waals surface area contributed by atoms with Gasteiger partial charge in [0.15, 0.2) is 0 Å². The second-order valence-electron chi connectivity index (χ2n) is 2.30. The van der Waals surface area contributed by atoms with E-state index in [4.69, 9.17) is 0 Å². The molecule has 1 rings (SSSR count). The SMILES string of the molecule is CC.Cc1ccc(C(F)(F)F)nc1Br. The van der Waals surface area contributed by atoms with Crippen molar-refractivity contribution in [3.05, 3.63) is 28.0 Å². The molecule has 14 heavy (non-hydrogen) atoms. The number of rotatable bonds is 0. The van der Waals surface area contributed by atoms with Gasteiger partial charge in [0, 0.05) is 0 Å². The van der Waals surface area contributed by atoms with E-state index in [0.29, 0.717) is 5.56 Å². The highest BCUT2D eigenvalue weighted by molar-refractivity contribution is 9.10. The molecule has 0 amide bonds. The van der Waals surface area contributed by atoms with Crippen molar-refractivity contribution >= 4 is 15.9 Å². The molecule has 0 aromatic carbocycles. The first-order valence-electron chi connectivity index (χ1n) is 4.11. The van der Waals surface area contributed by atoms with E-state index in [1.54, 1.807) is 6.92 Å². The van der Waals surface area contributed by atoms with Gasteiger partial charge < -0.3 is 0 Å². The zero-order valence-corrected chi connectivity index (χ0v) is 9.70. The van der Waals surface area contributed by atoms with E-state index in [2.05, 4.69) is 20.9 Å². The topological polar surface area (TPSA) is 12.9 Å². The Labute approximate surface area is 89.5 Å². The van der Waals surface area contributed by atoms with Crippen molar-refractivity contribution in [2.45, 2.75) is 26.9 Å². The molecule has 80 valence electrons. The molecule has 0 aliphatic heterocycles. The number of halogens is 4. The molecule has 5 heteroatoms. The molecule has 1 aromatic heterocycles.